The van der Waals surface area contributed by atoms with E-state index in [1.54, 1.807) is 0 Å². The SMILES string of the molecule is O=C(O)c1cc(F)cnc1NC(=O)c1cc(O)cc(S(=O)(=O)O)c1O. The molecule has 0 bridgehead atoms. The fourth-order valence-electron chi connectivity index (χ4n) is 1.84. The molecule has 132 valence electrons. The Kier molecular flexibility index (Phi) is 4.58. The quantitative estimate of drug-likeness (QED) is 0.384. The summed E-state index contributed by atoms with van der Waals surface area (Å²) in [7, 11) is -4.96. The summed E-state index contributed by atoms with van der Waals surface area (Å²) in [6.45, 7) is 0. The van der Waals surface area contributed by atoms with Gasteiger partial charge in [0.05, 0.1) is 11.8 Å². The second-order valence-electron chi connectivity index (χ2n) is 4.62. The second kappa shape index (κ2) is 6.33. The number of hydrogen-bond donors (Lipinski definition) is 5. The van der Waals surface area contributed by atoms with E-state index in [0.29, 0.717) is 24.4 Å². The van der Waals surface area contributed by atoms with Crippen LogP contribution in [0.3, 0.4) is 0 Å². The maximum absolute atomic E-state index is 13.1. The first-order valence-corrected chi connectivity index (χ1v) is 7.68. The van der Waals surface area contributed by atoms with Crippen LogP contribution in [0, 0.1) is 5.82 Å². The predicted octanol–water partition coefficient (Wildman–Crippen LogP) is 0.829. The summed E-state index contributed by atoms with van der Waals surface area (Å²) in [6.07, 6.45) is 0.619. The van der Waals surface area contributed by atoms with E-state index in [9.17, 15) is 32.6 Å². The van der Waals surface area contributed by atoms with Crippen LogP contribution in [0.15, 0.2) is 29.3 Å². The van der Waals surface area contributed by atoms with Gasteiger partial charge in [0.1, 0.15) is 33.6 Å². The van der Waals surface area contributed by atoms with Crippen LogP contribution in [0.5, 0.6) is 11.5 Å². The molecular weight excluding hydrogens is 363 g/mol. The average Bonchev–Trinajstić information content (AvgIpc) is 2.49. The third-order valence-corrected chi connectivity index (χ3v) is 3.77. The number of pyridine rings is 1. The smallest absolute Gasteiger partial charge is 0.339 e. The molecule has 0 aliphatic carbocycles. The molecule has 0 saturated heterocycles. The number of anilines is 1. The number of aromatic hydroxyl groups is 2. The number of carbonyl (C=O) groups is 2. The number of carboxylic acid groups (broad SMARTS) is 1. The predicted molar refractivity (Wildman–Crippen MR) is 78.7 cm³/mol. The highest BCUT2D eigenvalue weighted by atomic mass is 32.2. The van der Waals surface area contributed by atoms with E-state index in [1.165, 1.54) is 0 Å². The Labute approximate surface area is 138 Å². The lowest BCUT2D eigenvalue weighted by Gasteiger charge is -2.11. The second-order valence-corrected chi connectivity index (χ2v) is 6.01. The van der Waals surface area contributed by atoms with Crippen molar-refractivity contribution in [1.82, 2.24) is 4.98 Å². The normalized spacial score (nSPS) is 11.1. The minimum absolute atomic E-state index is 0.500. The number of hydrogen-bond acceptors (Lipinski definition) is 7. The van der Waals surface area contributed by atoms with Crippen molar-refractivity contribution < 1.29 is 42.3 Å². The number of halogens is 1. The maximum atomic E-state index is 13.1. The maximum Gasteiger partial charge on any atom is 0.339 e. The number of carboxylic acids is 1. The number of phenolic OH excluding ortho intramolecular Hbond substituents is 2. The molecule has 0 saturated carbocycles. The van der Waals surface area contributed by atoms with Gasteiger partial charge in [0.15, 0.2) is 0 Å². The molecule has 0 unspecified atom stereocenters. The van der Waals surface area contributed by atoms with Gasteiger partial charge in [0, 0.05) is 6.07 Å². The molecule has 1 aromatic heterocycles. The lowest BCUT2D eigenvalue weighted by molar-refractivity contribution is 0.0697. The lowest BCUT2D eigenvalue weighted by atomic mass is 10.1. The lowest BCUT2D eigenvalue weighted by Crippen LogP contribution is -2.17. The number of phenols is 2. The van der Waals surface area contributed by atoms with Crippen LogP contribution in [-0.2, 0) is 10.1 Å². The van der Waals surface area contributed by atoms with E-state index in [-0.39, 0.29) is 0 Å². The molecule has 25 heavy (non-hydrogen) atoms. The van der Waals surface area contributed by atoms with Crippen LogP contribution >= 0.6 is 0 Å². The van der Waals surface area contributed by atoms with Crippen LogP contribution in [0.25, 0.3) is 0 Å². The van der Waals surface area contributed by atoms with Gasteiger partial charge < -0.3 is 20.6 Å². The molecule has 5 N–H and O–H groups in total. The first kappa shape index (κ1) is 18.1. The van der Waals surface area contributed by atoms with Crippen molar-refractivity contribution >= 4 is 27.8 Å². The summed E-state index contributed by atoms with van der Waals surface area (Å²) >= 11 is 0. The van der Waals surface area contributed by atoms with Crippen molar-refractivity contribution in [2.24, 2.45) is 0 Å². The third kappa shape index (κ3) is 3.81. The van der Waals surface area contributed by atoms with Crippen molar-refractivity contribution in [3.8, 4) is 11.5 Å². The van der Waals surface area contributed by atoms with Crippen molar-refractivity contribution in [2.45, 2.75) is 4.90 Å². The van der Waals surface area contributed by atoms with Crippen LogP contribution in [0.4, 0.5) is 10.2 Å². The number of aromatic carboxylic acids is 1. The molecule has 2 aromatic rings. The van der Waals surface area contributed by atoms with Gasteiger partial charge in [0.2, 0.25) is 0 Å². The molecule has 10 nitrogen and oxygen atoms in total. The molecular formula is C13H9FN2O8S. The zero-order chi connectivity index (χ0) is 18.9. The summed E-state index contributed by atoms with van der Waals surface area (Å²) in [5.41, 5.74) is -1.50. The van der Waals surface area contributed by atoms with Gasteiger partial charge in [0.25, 0.3) is 16.0 Å². The summed E-state index contributed by atoms with van der Waals surface area (Å²) in [6, 6.07) is 1.75. The minimum atomic E-state index is -4.96. The van der Waals surface area contributed by atoms with Gasteiger partial charge in [-0.15, -0.1) is 0 Å². The zero-order valence-electron chi connectivity index (χ0n) is 12.0. The van der Waals surface area contributed by atoms with E-state index in [1.807, 2.05) is 5.32 Å². The highest BCUT2D eigenvalue weighted by Crippen LogP contribution is 2.32. The number of nitrogens with one attached hydrogen (secondary N) is 1. The highest BCUT2D eigenvalue weighted by molar-refractivity contribution is 7.86. The Bertz CT molecular complexity index is 990. The summed E-state index contributed by atoms with van der Waals surface area (Å²) in [5.74, 6) is -6.40. The van der Waals surface area contributed by atoms with E-state index in [4.69, 9.17) is 9.66 Å². The Balaban J connectivity index is 2.50. The van der Waals surface area contributed by atoms with E-state index in [0.717, 1.165) is 0 Å². The first-order valence-electron chi connectivity index (χ1n) is 6.24. The Morgan fingerprint density at radius 2 is 1.76 bits per heavy atom. The number of carbonyl (C=O) groups excluding carboxylic acids is 1. The fraction of sp³-hybridized carbons (Fsp3) is 0. The van der Waals surface area contributed by atoms with E-state index in [2.05, 4.69) is 4.98 Å². The fourth-order valence-corrected chi connectivity index (χ4v) is 2.46. The van der Waals surface area contributed by atoms with Crippen LogP contribution in [-0.4, -0.2) is 45.2 Å². The van der Waals surface area contributed by atoms with Crippen molar-refractivity contribution in [3.63, 3.8) is 0 Å². The van der Waals surface area contributed by atoms with Gasteiger partial charge in [-0.05, 0) is 12.1 Å². The third-order valence-electron chi connectivity index (χ3n) is 2.90. The monoisotopic (exact) mass is 372 g/mol. The van der Waals surface area contributed by atoms with Crippen molar-refractivity contribution in [1.29, 1.82) is 0 Å². The minimum Gasteiger partial charge on any atom is -0.508 e. The van der Waals surface area contributed by atoms with Crippen LogP contribution in [0.1, 0.15) is 20.7 Å². The number of nitrogens with zero attached hydrogens (tertiary/aromatic N) is 1. The largest absolute Gasteiger partial charge is 0.508 e. The van der Waals surface area contributed by atoms with Gasteiger partial charge in [-0.25, -0.2) is 14.2 Å². The zero-order valence-corrected chi connectivity index (χ0v) is 12.8. The Morgan fingerprint density at radius 3 is 2.32 bits per heavy atom. The molecule has 0 atom stereocenters. The van der Waals surface area contributed by atoms with Crippen LogP contribution < -0.4 is 5.32 Å². The molecule has 0 spiro atoms. The highest BCUT2D eigenvalue weighted by Gasteiger charge is 2.25. The molecule has 0 aliphatic heterocycles. The van der Waals surface area contributed by atoms with E-state index < -0.39 is 61.2 Å². The molecule has 0 aliphatic rings. The van der Waals surface area contributed by atoms with Gasteiger partial charge >= 0.3 is 5.97 Å². The van der Waals surface area contributed by atoms with Gasteiger partial charge in [-0.2, -0.15) is 8.42 Å². The Hall–Kier alpha value is -3.25. The number of rotatable bonds is 4. The van der Waals surface area contributed by atoms with Gasteiger partial charge in [-0.3, -0.25) is 9.35 Å². The first-order chi connectivity index (χ1) is 11.5. The van der Waals surface area contributed by atoms with Crippen molar-refractivity contribution in [2.75, 3.05) is 5.32 Å². The molecule has 0 radical (unpaired) electrons. The number of aromatic nitrogens is 1. The van der Waals surface area contributed by atoms with Gasteiger partial charge in [-0.1, -0.05) is 0 Å². The van der Waals surface area contributed by atoms with Crippen molar-refractivity contribution in [3.05, 3.63) is 41.3 Å². The molecule has 1 aromatic carbocycles. The molecule has 1 amide bonds. The standard InChI is InChI=1S/C13H9FN2O8S/c14-5-1-8(13(20)21)11(15-4-5)16-12(19)7-2-6(17)3-9(10(7)18)25(22,23)24/h1-4,17-18H,(H,20,21)(H,15,16,19)(H,22,23,24). The average molecular weight is 372 g/mol. The number of benzene rings is 1. The topological polar surface area (TPSA) is 174 Å². The molecule has 1 heterocycles. The number of amides is 1. The summed E-state index contributed by atoms with van der Waals surface area (Å²) in [4.78, 5) is 25.4. The molecule has 12 heteroatoms. The summed E-state index contributed by atoms with van der Waals surface area (Å²) < 4.78 is 44.3. The molecule has 2 rings (SSSR count). The Morgan fingerprint density at radius 1 is 1.12 bits per heavy atom. The van der Waals surface area contributed by atoms with E-state index >= 15 is 0 Å². The summed E-state index contributed by atoms with van der Waals surface area (Å²) in [5, 5.41) is 30.2. The van der Waals surface area contributed by atoms with Crippen LogP contribution in [0.2, 0.25) is 0 Å². The molecule has 0 fully saturated rings.